The number of hydrogen-bond donors (Lipinski definition) is 2. The van der Waals surface area contributed by atoms with E-state index in [1.165, 1.54) is 6.07 Å². The van der Waals surface area contributed by atoms with Crippen LogP contribution in [0.3, 0.4) is 0 Å². The van der Waals surface area contributed by atoms with Crippen LogP contribution in [0.5, 0.6) is 0 Å². The van der Waals surface area contributed by atoms with E-state index in [4.69, 9.17) is 16.6 Å². The molecule has 0 fully saturated rings. The minimum atomic E-state index is -0.292. The highest BCUT2D eigenvalue weighted by atomic mass is 19.1. The van der Waals surface area contributed by atoms with Gasteiger partial charge in [-0.15, -0.1) is 5.11 Å². The van der Waals surface area contributed by atoms with Crippen molar-refractivity contribution in [2.75, 3.05) is 11.5 Å². The molecule has 0 aliphatic rings. The molecular formula is C27H26FN9. The molecule has 9 nitrogen and oxygen atoms in total. The van der Waals surface area contributed by atoms with E-state index in [-0.39, 0.29) is 35.5 Å². The lowest BCUT2D eigenvalue weighted by Gasteiger charge is -2.08. The molecule has 5 aromatic rings. The fourth-order valence-electron chi connectivity index (χ4n) is 4.03. The molecule has 0 saturated heterocycles. The maximum absolute atomic E-state index is 14.7. The van der Waals surface area contributed by atoms with Gasteiger partial charge in [0.25, 0.3) is 0 Å². The van der Waals surface area contributed by atoms with Gasteiger partial charge in [0.1, 0.15) is 11.5 Å². The van der Waals surface area contributed by atoms with Crippen LogP contribution in [0.2, 0.25) is 0 Å². The van der Waals surface area contributed by atoms with Crippen LogP contribution in [0, 0.1) is 5.82 Å². The normalized spacial score (nSPS) is 11.5. The van der Waals surface area contributed by atoms with Crippen LogP contribution in [0.1, 0.15) is 30.9 Å². The Morgan fingerprint density at radius 1 is 0.946 bits per heavy atom. The molecule has 37 heavy (non-hydrogen) atoms. The molecule has 0 aliphatic carbocycles. The number of nitrogens with zero attached hydrogens (tertiary/aromatic N) is 7. The third-order valence-electron chi connectivity index (χ3n) is 5.93. The largest absolute Gasteiger partial charge is 0.382 e. The van der Waals surface area contributed by atoms with Crippen LogP contribution in [-0.4, -0.2) is 24.7 Å². The van der Waals surface area contributed by atoms with Crippen LogP contribution >= 0.6 is 0 Å². The number of aromatic nitrogens is 5. The van der Waals surface area contributed by atoms with Gasteiger partial charge in [0.05, 0.1) is 17.6 Å². The third kappa shape index (κ3) is 5.13. The van der Waals surface area contributed by atoms with E-state index in [1.807, 2.05) is 36.4 Å². The summed E-state index contributed by atoms with van der Waals surface area (Å²) in [6.07, 6.45) is 4.67. The monoisotopic (exact) mass is 495 g/mol. The van der Waals surface area contributed by atoms with Gasteiger partial charge >= 0.3 is 0 Å². The fourth-order valence-corrected chi connectivity index (χ4v) is 4.03. The second-order valence-electron chi connectivity index (χ2n) is 8.61. The molecule has 4 N–H and O–H groups in total. The van der Waals surface area contributed by atoms with Gasteiger partial charge < -0.3 is 11.5 Å². The summed E-state index contributed by atoms with van der Waals surface area (Å²) in [5.41, 5.74) is 15.8. The number of pyridine rings is 1. The minimum absolute atomic E-state index is 0.0726. The molecule has 0 amide bonds. The Balaban J connectivity index is 1.51. The van der Waals surface area contributed by atoms with Gasteiger partial charge in [-0.25, -0.2) is 24.0 Å². The molecule has 0 bridgehead atoms. The van der Waals surface area contributed by atoms with Crippen molar-refractivity contribution in [3.8, 4) is 11.5 Å². The van der Waals surface area contributed by atoms with Crippen molar-refractivity contribution >= 4 is 34.0 Å². The van der Waals surface area contributed by atoms with Crippen LogP contribution in [-0.2, 0) is 13.0 Å². The second-order valence-corrected chi connectivity index (χ2v) is 8.61. The van der Waals surface area contributed by atoms with Gasteiger partial charge in [0.2, 0.25) is 0 Å². The van der Waals surface area contributed by atoms with Gasteiger partial charge in [-0.1, -0.05) is 43.7 Å². The molecule has 3 heterocycles. The van der Waals surface area contributed by atoms with Gasteiger partial charge in [-0.05, 0) is 48.7 Å². The summed E-state index contributed by atoms with van der Waals surface area (Å²) in [5.74, 6) is 0.0775. The molecule has 0 atom stereocenters. The van der Waals surface area contributed by atoms with Gasteiger partial charge in [0, 0.05) is 11.8 Å². The minimum Gasteiger partial charge on any atom is -0.382 e. The van der Waals surface area contributed by atoms with Crippen LogP contribution < -0.4 is 11.5 Å². The second kappa shape index (κ2) is 10.5. The van der Waals surface area contributed by atoms with E-state index < -0.39 is 0 Å². The number of hydrogen-bond acceptors (Lipinski definition) is 8. The Labute approximate surface area is 213 Å². The first-order chi connectivity index (χ1) is 18.0. The molecule has 0 spiro atoms. The lowest BCUT2D eigenvalue weighted by atomic mass is 10.0. The van der Waals surface area contributed by atoms with Crippen molar-refractivity contribution in [3.05, 3.63) is 83.8 Å². The summed E-state index contributed by atoms with van der Waals surface area (Å²) >= 11 is 0. The summed E-state index contributed by atoms with van der Waals surface area (Å²) in [4.78, 5) is 13.3. The lowest BCUT2D eigenvalue weighted by molar-refractivity contribution is 0.588. The topological polar surface area (TPSA) is 133 Å². The average Bonchev–Trinajstić information content (AvgIpc) is 3.27. The number of unbranched alkanes of at least 4 members (excludes halogenated alkanes) is 1. The van der Waals surface area contributed by atoms with Crippen LogP contribution in [0.4, 0.5) is 27.4 Å². The SMILES string of the molecule is CCCCc1ccc(F)c(Cn2nc(-c3nc(N)c(/N=N/c4ccccc4)c(N)n3)c3cccnc32)c1. The van der Waals surface area contributed by atoms with E-state index >= 15 is 0 Å². The molecule has 5 rings (SSSR count). The van der Waals surface area contributed by atoms with Crippen molar-refractivity contribution in [3.63, 3.8) is 0 Å². The smallest absolute Gasteiger partial charge is 0.184 e. The van der Waals surface area contributed by atoms with E-state index in [0.717, 1.165) is 24.8 Å². The van der Waals surface area contributed by atoms with Crippen molar-refractivity contribution in [1.29, 1.82) is 0 Å². The molecule has 0 unspecified atom stereocenters. The Hall–Kier alpha value is -4.73. The number of azo groups is 1. The zero-order valence-electron chi connectivity index (χ0n) is 20.3. The van der Waals surface area contributed by atoms with Gasteiger partial charge in [0.15, 0.2) is 28.8 Å². The number of rotatable bonds is 8. The van der Waals surface area contributed by atoms with Crippen LogP contribution in [0.15, 0.2) is 77.1 Å². The Kier molecular flexibility index (Phi) is 6.80. The van der Waals surface area contributed by atoms with Crippen molar-refractivity contribution < 1.29 is 4.39 Å². The average molecular weight is 496 g/mol. The number of halogens is 1. The predicted octanol–water partition coefficient (Wildman–Crippen LogP) is 6.00. The first-order valence-corrected chi connectivity index (χ1v) is 12.0. The van der Waals surface area contributed by atoms with Crippen molar-refractivity contribution in [2.45, 2.75) is 32.7 Å². The van der Waals surface area contributed by atoms with Gasteiger partial charge in [-0.3, -0.25) is 0 Å². The number of nitrogens with two attached hydrogens (primary N) is 2. The summed E-state index contributed by atoms with van der Waals surface area (Å²) in [6.45, 7) is 2.33. The zero-order chi connectivity index (χ0) is 25.8. The summed E-state index contributed by atoms with van der Waals surface area (Å²) < 4.78 is 16.4. The highest BCUT2D eigenvalue weighted by molar-refractivity contribution is 5.90. The Morgan fingerprint density at radius 2 is 1.73 bits per heavy atom. The van der Waals surface area contributed by atoms with E-state index in [9.17, 15) is 4.39 Å². The molecule has 3 aromatic heterocycles. The van der Waals surface area contributed by atoms with E-state index in [0.29, 0.717) is 28.0 Å². The zero-order valence-corrected chi connectivity index (χ0v) is 20.3. The molecule has 10 heteroatoms. The molecule has 0 aliphatic heterocycles. The lowest BCUT2D eigenvalue weighted by Crippen LogP contribution is -2.06. The first kappa shape index (κ1) is 24.0. The summed E-state index contributed by atoms with van der Waals surface area (Å²) in [7, 11) is 0. The predicted molar refractivity (Wildman–Crippen MR) is 142 cm³/mol. The Bertz CT molecular complexity index is 1560. The third-order valence-corrected chi connectivity index (χ3v) is 5.93. The molecule has 186 valence electrons. The molecular weight excluding hydrogens is 469 g/mol. The maximum atomic E-state index is 14.7. The van der Waals surface area contributed by atoms with E-state index in [1.54, 1.807) is 29.1 Å². The molecule has 0 saturated carbocycles. The van der Waals surface area contributed by atoms with Crippen molar-refractivity contribution in [2.24, 2.45) is 10.2 Å². The fraction of sp³-hybridized carbons (Fsp3) is 0.185. The maximum Gasteiger partial charge on any atom is 0.184 e. The quantitative estimate of drug-likeness (QED) is 0.254. The number of aryl methyl sites for hydroxylation is 1. The molecule has 2 aromatic carbocycles. The van der Waals surface area contributed by atoms with E-state index in [2.05, 4.69) is 32.1 Å². The summed E-state index contributed by atoms with van der Waals surface area (Å²) in [6, 6.07) is 18.1. The standard InChI is InChI=1S/C27H26FN9/c1-2-3-8-17-12-13-21(28)18(15-17)16-37-27-20(11-7-14-31-27)22(36-37)26-32-24(29)23(25(30)33-26)35-34-19-9-5-4-6-10-19/h4-7,9-15H,2-3,8,16H2,1H3,(H4,29,30,32,33)/b35-34+. The van der Waals surface area contributed by atoms with Crippen molar-refractivity contribution in [1.82, 2.24) is 24.7 Å². The van der Waals surface area contributed by atoms with Gasteiger partial charge in [-0.2, -0.15) is 10.2 Å². The van der Waals surface area contributed by atoms with Crippen LogP contribution in [0.25, 0.3) is 22.6 Å². The number of benzene rings is 2. The number of fused-ring (bicyclic) bond motifs is 1. The number of anilines is 2. The summed E-state index contributed by atoms with van der Waals surface area (Å²) in [5, 5.41) is 13.7. The number of nitrogen functional groups attached to an aromatic ring is 2. The highest BCUT2D eigenvalue weighted by Crippen LogP contribution is 2.33. The highest BCUT2D eigenvalue weighted by Gasteiger charge is 2.19. The Morgan fingerprint density at radius 3 is 2.49 bits per heavy atom. The first-order valence-electron chi connectivity index (χ1n) is 12.0. The molecule has 0 radical (unpaired) electrons.